The van der Waals surface area contributed by atoms with E-state index < -0.39 is 0 Å². The fourth-order valence-corrected chi connectivity index (χ4v) is 6.38. The molecule has 0 aliphatic rings. The van der Waals surface area contributed by atoms with Crippen molar-refractivity contribution in [2.45, 2.75) is 233 Å². The normalized spacial score (nSPS) is 12.5. The number of hydrogen-bond donors (Lipinski definition) is 0. The Morgan fingerprint density at radius 2 is 0.829 bits per heavy atom. The molecule has 0 aliphatic heterocycles. The predicted octanol–water partition coefficient (Wildman–Crippen LogP) is 14.1. The van der Waals surface area contributed by atoms with Crippen LogP contribution in [0.5, 0.6) is 0 Å². The van der Waals surface area contributed by atoms with Gasteiger partial charge >= 0.3 is 0 Å². The van der Waals surface area contributed by atoms with Gasteiger partial charge in [-0.1, -0.05) is 202 Å². The molecule has 1 heterocycles. The topological polar surface area (TPSA) is 17.8 Å². The first kappa shape index (κ1) is 38.2. The van der Waals surface area contributed by atoms with E-state index in [9.17, 15) is 0 Å². The molecule has 0 radical (unpaired) electrons. The Kier molecular flexibility index (Phi) is 26.1. The number of unbranched alkanes of at least 4 members (excludes halogenated alkanes) is 25. The maximum absolute atomic E-state index is 5.14. The SMILES string of the molecule is CCCCCCCCCCCCCCCCCC(C)c1nc(C(C)C)cn1CCCCCCCCCCCCCC. The summed E-state index contributed by atoms with van der Waals surface area (Å²) in [6, 6.07) is 0. The van der Waals surface area contributed by atoms with Gasteiger partial charge in [-0.25, -0.2) is 4.98 Å². The molecule has 1 aromatic rings. The van der Waals surface area contributed by atoms with Gasteiger partial charge in [0.2, 0.25) is 0 Å². The van der Waals surface area contributed by atoms with E-state index in [0.717, 1.165) is 6.54 Å². The lowest BCUT2D eigenvalue weighted by atomic mass is 10.00. The molecule has 0 bridgehead atoms. The Bertz CT molecular complexity index is 661. The number of rotatable bonds is 31. The zero-order valence-electron chi connectivity index (χ0n) is 29.1. The highest BCUT2D eigenvalue weighted by Crippen LogP contribution is 2.25. The van der Waals surface area contributed by atoms with Crippen LogP contribution in [0.25, 0.3) is 0 Å². The zero-order chi connectivity index (χ0) is 29.8. The third-order valence-corrected chi connectivity index (χ3v) is 9.35. The fraction of sp³-hybridized carbons (Fsp3) is 0.923. The van der Waals surface area contributed by atoms with Gasteiger partial charge in [0, 0.05) is 18.7 Å². The van der Waals surface area contributed by atoms with E-state index in [1.54, 1.807) is 0 Å². The monoisotopic (exact) mass is 573 g/mol. The van der Waals surface area contributed by atoms with Crippen molar-refractivity contribution in [3.05, 3.63) is 17.7 Å². The summed E-state index contributed by atoms with van der Waals surface area (Å²) in [5.41, 5.74) is 1.29. The molecule has 2 heteroatoms. The van der Waals surface area contributed by atoms with Crippen molar-refractivity contribution >= 4 is 0 Å². The van der Waals surface area contributed by atoms with Crippen molar-refractivity contribution in [1.82, 2.24) is 9.55 Å². The van der Waals surface area contributed by atoms with Crippen molar-refractivity contribution in [2.75, 3.05) is 0 Å². The summed E-state index contributed by atoms with van der Waals surface area (Å²) in [4.78, 5) is 5.14. The lowest BCUT2D eigenvalue weighted by Crippen LogP contribution is -2.07. The quantitative estimate of drug-likeness (QED) is 0.0809. The van der Waals surface area contributed by atoms with Crippen LogP contribution in [-0.2, 0) is 6.54 Å². The van der Waals surface area contributed by atoms with Gasteiger partial charge in [-0.2, -0.15) is 0 Å². The maximum atomic E-state index is 5.14. The van der Waals surface area contributed by atoms with E-state index in [0.29, 0.717) is 11.8 Å². The van der Waals surface area contributed by atoms with Gasteiger partial charge in [-0.05, 0) is 18.8 Å². The van der Waals surface area contributed by atoms with Crippen LogP contribution in [0.4, 0.5) is 0 Å². The molecule has 2 nitrogen and oxygen atoms in total. The van der Waals surface area contributed by atoms with Gasteiger partial charge < -0.3 is 4.57 Å². The number of nitrogens with zero attached hydrogens (tertiary/aromatic N) is 2. The first-order chi connectivity index (χ1) is 20.1. The maximum Gasteiger partial charge on any atom is 0.111 e. The summed E-state index contributed by atoms with van der Waals surface area (Å²) in [6.07, 6.45) is 42.3. The molecule has 1 unspecified atom stereocenters. The Morgan fingerprint density at radius 3 is 1.20 bits per heavy atom. The highest BCUT2D eigenvalue weighted by atomic mass is 15.1. The number of aromatic nitrogens is 2. The Labute approximate surface area is 259 Å². The van der Waals surface area contributed by atoms with Gasteiger partial charge in [0.25, 0.3) is 0 Å². The van der Waals surface area contributed by atoms with E-state index in [2.05, 4.69) is 45.4 Å². The molecule has 1 aromatic heterocycles. The fourth-order valence-electron chi connectivity index (χ4n) is 6.38. The van der Waals surface area contributed by atoms with E-state index in [1.807, 2.05) is 0 Å². The summed E-state index contributed by atoms with van der Waals surface area (Å²) in [6.45, 7) is 12.8. The summed E-state index contributed by atoms with van der Waals surface area (Å²) in [5.74, 6) is 2.47. The lowest BCUT2D eigenvalue weighted by molar-refractivity contribution is 0.494. The molecule has 0 fully saturated rings. The number of imidazole rings is 1. The standard InChI is InChI=1S/C39H76N2/c1-6-8-10-12-14-16-18-20-21-22-23-25-27-29-31-33-37(5)39-40-38(36(3)4)35-41(39)34-32-30-28-26-24-19-17-15-13-11-9-7-2/h35-37H,6-34H2,1-5H3. The van der Waals surface area contributed by atoms with Gasteiger partial charge in [0.15, 0.2) is 0 Å². The van der Waals surface area contributed by atoms with Crippen LogP contribution in [0.3, 0.4) is 0 Å². The predicted molar refractivity (Wildman–Crippen MR) is 185 cm³/mol. The molecule has 242 valence electrons. The van der Waals surface area contributed by atoms with Gasteiger partial charge in [0.05, 0.1) is 5.69 Å². The first-order valence-electron chi connectivity index (χ1n) is 19.2. The second-order valence-corrected chi connectivity index (χ2v) is 13.9. The smallest absolute Gasteiger partial charge is 0.111 e. The second-order valence-electron chi connectivity index (χ2n) is 13.9. The summed E-state index contributed by atoms with van der Waals surface area (Å²) in [5, 5.41) is 0. The van der Waals surface area contributed by atoms with Crippen LogP contribution in [0.2, 0.25) is 0 Å². The minimum Gasteiger partial charge on any atom is -0.334 e. The molecule has 0 aromatic carbocycles. The van der Waals surface area contributed by atoms with E-state index in [1.165, 1.54) is 191 Å². The highest BCUT2D eigenvalue weighted by molar-refractivity contribution is 5.11. The zero-order valence-corrected chi connectivity index (χ0v) is 29.1. The molecular weight excluding hydrogens is 496 g/mol. The first-order valence-corrected chi connectivity index (χ1v) is 19.2. The summed E-state index contributed by atoms with van der Waals surface area (Å²) < 4.78 is 2.53. The molecule has 41 heavy (non-hydrogen) atoms. The molecule has 0 saturated heterocycles. The molecule has 0 amide bonds. The van der Waals surface area contributed by atoms with Crippen molar-refractivity contribution in [3.63, 3.8) is 0 Å². The Hall–Kier alpha value is -0.790. The van der Waals surface area contributed by atoms with E-state index in [4.69, 9.17) is 4.98 Å². The molecule has 1 rings (SSSR count). The van der Waals surface area contributed by atoms with Crippen molar-refractivity contribution in [1.29, 1.82) is 0 Å². The number of aryl methyl sites for hydroxylation is 1. The molecule has 1 atom stereocenters. The minimum atomic E-state index is 0.523. The van der Waals surface area contributed by atoms with Crippen LogP contribution < -0.4 is 0 Å². The van der Waals surface area contributed by atoms with Crippen molar-refractivity contribution in [3.8, 4) is 0 Å². The largest absolute Gasteiger partial charge is 0.334 e. The van der Waals surface area contributed by atoms with Gasteiger partial charge in [-0.3, -0.25) is 0 Å². The van der Waals surface area contributed by atoms with Crippen molar-refractivity contribution < 1.29 is 0 Å². The average molecular weight is 573 g/mol. The third kappa shape index (κ3) is 21.5. The van der Waals surface area contributed by atoms with Crippen molar-refractivity contribution in [2.24, 2.45) is 0 Å². The number of hydrogen-bond acceptors (Lipinski definition) is 1. The van der Waals surface area contributed by atoms with Crippen LogP contribution in [0, 0.1) is 0 Å². The highest BCUT2D eigenvalue weighted by Gasteiger charge is 2.16. The van der Waals surface area contributed by atoms with Crippen LogP contribution in [0.1, 0.15) is 238 Å². The molecule has 0 aliphatic carbocycles. The van der Waals surface area contributed by atoms with Crippen LogP contribution >= 0.6 is 0 Å². The third-order valence-electron chi connectivity index (χ3n) is 9.35. The lowest BCUT2D eigenvalue weighted by Gasteiger charge is -2.14. The summed E-state index contributed by atoms with van der Waals surface area (Å²) in [7, 11) is 0. The molecule has 0 N–H and O–H groups in total. The Morgan fingerprint density at radius 1 is 0.488 bits per heavy atom. The summed E-state index contributed by atoms with van der Waals surface area (Å²) >= 11 is 0. The molecular formula is C39H76N2. The van der Waals surface area contributed by atoms with Gasteiger partial charge in [0.1, 0.15) is 5.82 Å². The Balaban J connectivity index is 2.11. The van der Waals surface area contributed by atoms with Crippen LogP contribution in [0.15, 0.2) is 6.20 Å². The van der Waals surface area contributed by atoms with E-state index in [-0.39, 0.29) is 0 Å². The average Bonchev–Trinajstić information content (AvgIpc) is 3.40. The van der Waals surface area contributed by atoms with E-state index >= 15 is 0 Å². The van der Waals surface area contributed by atoms with Crippen LogP contribution in [-0.4, -0.2) is 9.55 Å². The van der Waals surface area contributed by atoms with Gasteiger partial charge in [-0.15, -0.1) is 0 Å². The molecule has 0 saturated carbocycles. The molecule has 0 spiro atoms. The minimum absolute atomic E-state index is 0.523. The second kappa shape index (κ2) is 28.0.